The van der Waals surface area contributed by atoms with Crippen molar-refractivity contribution in [1.82, 2.24) is 0 Å². The van der Waals surface area contributed by atoms with Crippen molar-refractivity contribution in [3.05, 3.63) is 0 Å². The molecule has 0 amide bonds. The monoisotopic (exact) mass is 204 g/mol. The van der Waals surface area contributed by atoms with Crippen LogP contribution in [0, 0.1) is 5.92 Å². The largest absolute Gasteiger partial charge is 0.353 e. The molecule has 0 aliphatic carbocycles. The minimum atomic E-state index is 0.0443. The molecule has 0 spiro atoms. The van der Waals surface area contributed by atoms with Gasteiger partial charge in [-0.05, 0) is 32.4 Å². The molecule has 2 nitrogen and oxygen atoms in total. The van der Waals surface area contributed by atoms with Gasteiger partial charge in [0, 0.05) is 24.9 Å². The summed E-state index contributed by atoms with van der Waals surface area (Å²) in [5.41, 5.74) is 0. The SMILES string of the molecule is CCOC(OCC)[C@@H]1CCCSC1. The van der Waals surface area contributed by atoms with Gasteiger partial charge in [-0.15, -0.1) is 0 Å². The fourth-order valence-electron chi connectivity index (χ4n) is 1.63. The Kier molecular flexibility index (Phi) is 5.83. The van der Waals surface area contributed by atoms with E-state index in [4.69, 9.17) is 9.47 Å². The van der Waals surface area contributed by atoms with Gasteiger partial charge in [0.05, 0.1) is 0 Å². The van der Waals surface area contributed by atoms with Gasteiger partial charge >= 0.3 is 0 Å². The zero-order chi connectivity index (χ0) is 9.52. The first-order valence-corrected chi connectivity index (χ1v) is 6.34. The average Bonchev–Trinajstić information content (AvgIpc) is 2.19. The summed E-state index contributed by atoms with van der Waals surface area (Å²) < 4.78 is 11.2. The van der Waals surface area contributed by atoms with Crippen LogP contribution in [-0.2, 0) is 9.47 Å². The van der Waals surface area contributed by atoms with E-state index in [2.05, 4.69) is 0 Å². The Hall–Kier alpha value is 0.270. The predicted molar refractivity (Wildman–Crippen MR) is 57.1 cm³/mol. The van der Waals surface area contributed by atoms with E-state index >= 15 is 0 Å². The van der Waals surface area contributed by atoms with Crippen molar-refractivity contribution in [2.45, 2.75) is 33.0 Å². The van der Waals surface area contributed by atoms with Crippen molar-refractivity contribution < 1.29 is 9.47 Å². The van der Waals surface area contributed by atoms with E-state index in [1.54, 1.807) is 0 Å². The standard InChI is InChI=1S/C10H20O2S/c1-3-11-10(12-4-2)9-6-5-7-13-8-9/h9-10H,3-8H2,1-2H3/t9-/m1/s1. The molecule has 1 heterocycles. The Labute approximate surface area is 85.4 Å². The van der Waals surface area contributed by atoms with Crippen molar-refractivity contribution >= 4 is 11.8 Å². The van der Waals surface area contributed by atoms with Gasteiger partial charge in [0.2, 0.25) is 0 Å². The fourth-order valence-corrected chi connectivity index (χ4v) is 2.79. The molecule has 0 aromatic carbocycles. The van der Waals surface area contributed by atoms with E-state index in [0.717, 1.165) is 13.2 Å². The van der Waals surface area contributed by atoms with Gasteiger partial charge in [-0.1, -0.05) is 0 Å². The van der Waals surface area contributed by atoms with Crippen molar-refractivity contribution in [3.8, 4) is 0 Å². The topological polar surface area (TPSA) is 18.5 Å². The molecule has 1 saturated heterocycles. The van der Waals surface area contributed by atoms with Crippen LogP contribution in [0.15, 0.2) is 0 Å². The summed E-state index contributed by atoms with van der Waals surface area (Å²) in [7, 11) is 0. The molecule has 0 N–H and O–H groups in total. The zero-order valence-corrected chi connectivity index (χ0v) is 9.44. The smallest absolute Gasteiger partial charge is 0.161 e. The van der Waals surface area contributed by atoms with E-state index in [-0.39, 0.29) is 6.29 Å². The second-order valence-electron chi connectivity index (χ2n) is 3.26. The van der Waals surface area contributed by atoms with Crippen LogP contribution in [0.4, 0.5) is 0 Å². The lowest BCUT2D eigenvalue weighted by atomic mass is 10.1. The Balaban J connectivity index is 2.32. The Bertz CT molecular complexity index is 118. The summed E-state index contributed by atoms with van der Waals surface area (Å²) in [4.78, 5) is 0. The molecular formula is C10H20O2S. The molecule has 78 valence electrons. The molecule has 13 heavy (non-hydrogen) atoms. The Morgan fingerprint density at radius 1 is 1.31 bits per heavy atom. The summed E-state index contributed by atoms with van der Waals surface area (Å²) in [5.74, 6) is 3.12. The highest BCUT2D eigenvalue weighted by molar-refractivity contribution is 7.99. The molecule has 0 unspecified atom stereocenters. The second kappa shape index (κ2) is 6.68. The van der Waals surface area contributed by atoms with Crippen LogP contribution in [0.2, 0.25) is 0 Å². The number of hydrogen-bond donors (Lipinski definition) is 0. The van der Waals surface area contributed by atoms with Crippen LogP contribution in [0.3, 0.4) is 0 Å². The van der Waals surface area contributed by atoms with E-state index in [1.165, 1.54) is 24.3 Å². The summed E-state index contributed by atoms with van der Waals surface area (Å²) >= 11 is 2.02. The van der Waals surface area contributed by atoms with Crippen LogP contribution in [0.25, 0.3) is 0 Å². The number of ether oxygens (including phenoxy) is 2. The molecule has 1 rings (SSSR count). The molecule has 1 fully saturated rings. The zero-order valence-electron chi connectivity index (χ0n) is 8.62. The summed E-state index contributed by atoms with van der Waals surface area (Å²) in [6, 6.07) is 0. The molecule has 0 aromatic heterocycles. The summed E-state index contributed by atoms with van der Waals surface area (Å²) in [6.07, 6.45) is 2.62. The second-order valence-corrected chi connectivity index (χ2v) is 4.41. The molecule has 3 heteroatoms. The van der Waals surface area contributed by atoms with Crippen LogP contribution in [0.1, 0.15) is 26.7 Å². The minimum Gasteiger partial charge on any atom is -0.353 e. The molecular weight excluding hydrogens is 184 g/mol. The normalized spacial score (nSPS) is 23.8. The highest BCUT2D eigenvalue weighted by atomic mass is 32.2. The van der Waals surface area contributed by atoms with Crippen molar-refractivity contribution in [3.63, 3.8) is 0 Å². The van der Waals surface area contributed by atoms with Crippen LogP contribution >= 0.6 is 11.8 Å². The molecule has 0 saturated carbocycles. The lowest BCUT2D eigenvalue weighted by Crippen LogP contribution is -2.31. The summed E-state index contributed by atoms with van der Waals surface area (Å²) in [5, 5.41) is 0. The quantitative estimate of drug-likeness (QED) is 0.641. The minimum absolute atomic E-state index is 0.0443. The third kappa shape index (κ3) is 3.88. The van der Waals surface area contributed by atoms with Gasteiger partial charge in [0.1, 0.15) is 0 Å². The predicted octanol–water partition coefficient (Wildman–Crippen LogP) is 2.53. The maximum Gasteiger partial charge on any atom is 0.161 e. The molecule has 0 bridgehead atoms. The van der Waals surface area contributed by atoms with Gasteiger partial charge in [-0.3, -0.25) is 0 Å². The molecule has 0 aromatic rings. The van der Waals surface area contributed by atoms with E-state index in [0.29, 0.717) is 5.92 Å². The Morgan fingerprint density at radius 2 is 2.00 bits per heavy atom. The molecule has 1 aliphatic rings. The van der Waals surface area contributed by atoms with Gasteiger partial charge in [-0.2, -0.15) is 11.8 Å². The van der Waals surface area contributed by atoms with E-state index in [1.807, 2.05) is 25.6 Å². The van der Waals surface area contributed by atoms with Crippen LogP contribution in [-0.4, -0.2) is 31.0 Å². The molecule has 0 radical (unpaired) electrons. The van der Waals surface area contributed by atoms with Crippen molar-refractivity contribution in [2.24, 2.45) is 5.92 Å². The summed E-state index contributed by atoms with van der Waals surface area (Å²) in [6.45, 7) is 5.57. The fraction of sp³-hybridized carbons (Fsp3) is 1.00. The first kappa shape index (κ1) is 11.3. The first-order valence-electron chi connectivity index (χ1n) is 5.19. The third-order valence-corrected chi connectivity index (χ3v) is 3.48. The van der Waals surface area contributed by atoms with Gasteiger partial charge in [0.25, 0.3) is 0 Å². The number of rotatable bonds is 5. The molecule has 1 atom stereocenters. The number of hydrogen-bond acceptors (Lipinski definition) is 3. The Morgan fingerprint density at radius 3 is 2.46 bits per heavy atom. The lowest BCUT2D eigenvalue weighted by molar-refractivity contribution is -0.164. The van der Waals surface area contributed by atoms with Crippen molar-refractivity contribution in [2.75, 3.05) is 24.7 Å². The highest BCUT2D eigenvalue weighted by Gasteiger charge is 2.24. The van der Waals surface area contributed by atoms with Gasteiger partial charge < -0.3 is 9.47 Å². The third-order valence-electron chi connectivity index (χ3n) is 2.24. The first-order chi connectivity index (χ1) is 6.38. The lowest BCUT2D eigenvalue weighted by Gasteiger charge is -2.29. The average molecular weight is 204 g/mol. The van der Waals surface area contributed by atoms with Crippen LogP contribution < -0.4 is 0 Å². The van der Waals surface area contributed by atoms with Gasteiger partial charge in [0.15, 0.2) is 6.29 Å². The molecule has 1 aliphatic heterocycles. The van der Waals surface area contributed by atoms with E-state index < -0.39 is 0 Å². The highest BCUT2D eigenvalue weighted by Crippen LogP contribution is 2.27. The maximum absolute atomic E-state index is 5.59. The maximum atomic E-state index is 5.59. The van der Waals surface area contributed by atoms with Crippen molar-refractivity contribution in [1.29, 1.82) is 0 Å². The number of thioether (sulfide) groups is 1. The van der Waals surface area contributed by atoms with Crippen LogP contribution in [0.5, 0.6) is 0 Å². The van der Waals surface area contributed by atoms with Gasteiger partial charge in [-0.25, -0.2) is 0 Å². The van der Waals surface area contributed by atoms with E-state index in [9.17, 15) is 0 Å².